The molecule has 2 heteroatoms. The molecular formula is C41H54Zr2. The zero-order chi connectivity index (χ0) is 28.4. The fourth-order valence-corrected chi connectivity index (χ4v) is 3.53. The Kier molecular flexibility index (Phi) is 33.8. The van der Waals surface area contributed by atoms with Crippen LogP contribution in [0.3, 0.4) is 0 Å². The van der Waals surface area contributed by atoms with Crippen molar-refractivity contribution in [2.24, 2.45) is 5.41 Å². The van der Waals surface area contributed by atoms with Crippen molar-refractivity contribution in [1.29, 1.82) is 0 Å². The van der Waals surface area contributed by atoms with Crippen LogP contribution in [0.1, 0.15) is 71.1 Å². The van der Waals surface area contributed by atoms with Crippen LogP contribution in [0.15, 0.2) is 125 Å². The number of hydrogen-bond acceptors (Lipinski definition) is 0. The van der Waals surface area contributed by atoms with E-state index in [1.165, 1.54) is 22.3 Å². The summed E-state index contributed by atoms with van der Waals surface area (Å²) in [6.45, 7) is 24.2. The first-order valence-corrected chi connectivity index (χ1v) is 13.2. The average molecular weight is 729 g/mol. The third kappa shape index (κ3) is 23.1. The molecule has 0 heterocycles. The SMILES string of the molecule is CC1=[C-]C(C)(C)C(C)=C1C.CCC1=[C-]CC=C1.[CH2-]c1ccccc1.[CH2-]c1ccccc1.[CH2-]c1ccccc1.[CH3-].[CH3-].[CH3-].[Zr+4].[Zr+4]. The molecule has 0 N–H and O–H groups in total. The Balaban J connectivity index is -0.000000137. The summed E-state index contributed by atoms with van der Waals surface area (Å²) in [4.78, 5) is 0. The zero-order valence-electron chi connectivity index (χ0n) is 28.4. The van der Waals surface area contributed by atoms with Gasteiger partial charge in [0.25, 0.3) is 0 Å². The zero-order valence-corrected chi connectivity index (χ0v) is 33.3. The van der Waals surface area contributed by atoms with Crippen molar-refractivity contribution in [1.82, 2.24) is 0 Å². The average Bonchev–Trinajstić information content (AvgIpc) is 3.50. The Bertz CT molecular complexity index is 1080. The van der Waals surface area contributed by atoms with Crippen molar-refractivity contribution in [2.45, 2.75) is 54.4 Å². The molecule has 0 bridgehead atoms. The van der Waals surface area contributed by atoms with E-state index < -0.39 is 0 Å². The molecule has 2 aliphatic rings. The van der Waals surface area contributed by atoms with Crippen molar-refractivity contribution in [3.05, 3.63) is 197 Å². The van der Waals surface area contributed by atoms with E-state index >= 15 is 0 Å². The van der Waals surface area contributed by atoms with E-state index in [4.69, 9.17) is 0 Å². The van der Waals surface area contributed by atoms with Gasteiger partial charge in [0.1, 0.15) is 0 Å². The quantitative estimate of drug-likeness (QED) is 0.219. The van der Waals surface area contributed by atoms with E-state index in [9.17, 15) is 0 Å². The fraction of sp³-hybridized carbons (Fsp3) is 0.220. The molecule has 0 radical (unpaired) electrons. The summed E-state index contributed by atoms with van der Waals surface area (Å²) in [6, 6.07) is 29.6. The van der Waals surface area contributed by atoms with Gasteiger partial charge >= 0.3 is 52.4 Å². The third-order valence-electron chi connectivity index (χ3n) is 6.24. The topological polar surface area (TPSA) is 0 Å². The van der Waals surface area contributed by atoms with Crippen LogP contribution in [0, 0.1) is 60.6 Å². The maximum Gasteiger partial charge on any atom is 4.00 e. The summed E-state index contributed by atoms with van der Waals surface area (Å²) in [6.07, 6.45) is 13.1. The summed E-state index contributed by atoms with van der Waals surface area (Å²) in [5.74, 6) is 0. The van der Waals surface area contributed by atoms with Gasteiger partial charge in [0.05, 0.1) is 0 Å². The predicted octanol–water partition coefficient (Wildman–Crippen LogP) is 12.2. The third-order valence-corrected chi connectivity index (χ3v) is 6.24. The Morgan fingerprint density at radius 1 is 0.651 bits per heavy atom. The summed E-state index contributed by atoms with van der Waals surface area (Å²) < 4.78 is 0. The van der Waals surface area contributed by atoms with Gasteiger partial charge < -0.3 is 22.3 Å². The van der Waals surface area contributed by atoms with Crippen molar-refractivity contribution < 1.29 is 52.4 Å². The van der Waals surface area contributed by atoms with Gasteiger partial charge in [-0.1, -0.05) is 64.7 Å². The Labute approximate surface area is 307 Å². The number of rotatable bonds is 1. The molecule has 3 aromatic carbocycles. The van der Waals surface area contributed by atoms with Gasteiger partial charge in [-0.2, -0.15) is 91.1 Å². The standard InChI is InChI=1S/C10H15.3C7H7.C7H9.3CH3.2Zr/c1-7-6-10(4,5)9(3)8(7)2;3*1-7-5-3-2-4-6-7;1-2-7-5-3-4-6-7;;;;;/h1-5H3;3*2-6H,1H2;3,5H,2,4H2,1H3;3*1H3;;/q8*-1;2*+4. The molecule has 0 atom stereocenters. The molecule has 2 aliphatic carbocycles. The number of benzene rings is 3. The summed E-state index contributed by atoms with van der Waals surface area (Å²) in [5.41, 5.74) is 8.97. The van der Waals surface area contributed by atoms with E-state index in [-0.39, 0.29) is 80.1 Å². The first-order valence-electron chi connectivity index (χ1n) is 13.2. The smallest absolute Gasteiger partial charge is 0.358 e. The molecule has 3 aromatic rings. The molecule has 0 amide bonds. The summed E-state index contributed by atoms with van der Waals surface area (Å²) in [7, 11) is 0. The molecule has 226 valence electrons. The van der Waals surface area contributed by atoms with Crippen LogP contribution < -0.4 is 0 Å². The van der Waals surface area contributed by atoms with Crippen molar-refractivity contribution >= 4 is 0 Å². The molecule has 0 aliphatic heterocycles. The van der Waals surface area contributed by atoms with Crippen LogP contribution >= 0.6 is 0 Å². The minimum Gasteiger partial charge on any atom is -0.358 e. The molecule has 0 nitrogen and oxygen atoms in total. The van der Waals surface area contributed by atoms with Crippen LogP contribution in [0.25, 0.3) is 0 Å². The molecule has 0 aromatic heterocycles. The van der Waals surface area contributed by atoms with E-state index in [1.54, 1.807) is 0 Å². The monoisotopic (exact) mass is 726 g/mol. The van der Waals surface area contributed by atoms with E-state index in [1.807, 2.05) is 91.0 Å². The van der Waals surface area contributed by atoms with Crippen molar-refractivity contribution in [3.8, 4) is 0 Å². The summed E-state index contributed by atoms with van der Waals surface area (Å²) >= 11 is 0. The van der Waals surface area contributed by atoms with Crippen molar-refractivity contribution in [3.63, 3.8) is 0 Å². The summed E-state index contributed by atoms with van der Waals surface area (Å²) in [5, 5.41) is 0. The predicted molar refractivity (Wildman–Crippen MR) is 187 cm³/mol. The Morgan fingerprint density at radius 2 is 1.00 bits per heavy atom. The molecule has 0 fully saturated rings. The number of allylic oxidation sites excluding steroid dienone is 8. The van der Waals surface area contributed by atoms with Gasteiger partial charge in [-0.05, 0) is 0 Å². The molecule has 5 rings (SSSR count). The van der Waals surface area contributed by atoms with E-state index in [0.717, 1.165) is 29.5 Å². The van der Waals surface area contributed by atoms with Crippen LogP contribution in [-0.2, 0) is 52.4 Å². The molecule has 0 spiro atoms. The fourth-order valence-electron chi connectivity index (χ4n) is 3.53. The Hall–Kier alpha value is -2.00. The van der Waals surface area contributed by atoms with E-state index in [2.05, 4.69) is 86.6 Å². The minimum atomic E-state index is 0. The molecular weight excluding hydrogens is 675 g/mol. The first-order chi connectivity index (χ1) is 18.1. The van der Waals surface area contributed by atoms with Gasteiger partial charge in [0, 0.05) is 0 Å². The first kappa shape index (κ1) is 50.6. The minimum absolute atomic E-state index is 0. The molecule has 0 saturated carbocycles. The van der Waals surface area contributed by atoms with E-state index in [0.29, 0.717) is 0 Å². The molecule has 0 unspecified atom stereocenters. The molecule has 0 saturated heterocycles. The maximum atomic E-state index is 3.72. The van der Waals surface area contributed by atoms with Gasteiger partial charge in [-0.3, -0.25) is 12.2 Å². The van der Waals surface area contributed by atoms with Gasteiger partial charge in [-0.25, -0.2) is 17.2 Å². The van der Waals surface area contributed by atoms with Gasteiger partial charge in [0.15, 0.2) is 0 Å². The normalized spacial score (nSPS) is 12.5. The van der Waals surface area contributed by atoms with Crippen LogP contribution in [-0.4, -0.2) is 0 Å². The van der Waals surface area contributed by atoms with Crippen LogP contribution in [0.2, 0.25) is 0 Å². The van der Waals surface area contributed by atoms with Crippen LogP contribution in [0.4, 0.5) is 0 Å². The van der Waals surface area contributed by atoms with Crippen molar-refractivity contribution in [2.75, 3.05) is 0 Å². The second kappa shape index (κ2) is 28.7. The Morgan fingerprint density at radius 3 is 1.12 bits per heavy atom. The second-order valence-corrected chi connectivity index (χ2v) is 9.74. The largest absolute Gasteiger partial charge is 4.00 e. The van der Waals surface area contributed by atoms with Gasteiger partial charge in [-0.15, -0.1) is 49.7 Å². The number of hydrogen-bond donors (Lipinski definition) is 0. The molecule has 43 heavy (non-hydrogen) atoms. The van der Waals surface area contributed by atoms with Gasteiger partial charge in [0.2, 0.25) is 0 Å². The van der Waals surface area contributed by atoms with Crippen LogP contribution in [0.5, 0.6) is 0 Å². The second-order valence-electron chi connectivity index (χ2n) is 9.74. The maximum absolute atomic E-state index is 3.72.